The minimum absolute atomic E-state index is 0.0840. The van der Waals surface area contributed by atoms with E-state index >= 15 is 0 Å². The van der Waals surface area contributed by atoms with Gasteiger partial charge in [-0.15, -0.1) is 11.3 Å². The number of rotatable bonds is 9. The molecule has 3 aromatic rings. The maximum Gasteiger partial charge on any atom is 0.226 e. The largest absolute Gasteiger partial charge is 0.497 e. The first-order valence-electron chi connectivity index (χ1n) is 8.85. The third-order valence-electron chi connectivity index (χ3n) is 4.01. The molecule has 146 valence electrons. The molecule has 1 N–H and O–H groups in total. The Hall–Kier alpha value is -3.06. The summed E-state index contributed by atoms with van der Waals surface area (Å²) in [6.45, 7) is 0.462. The van der Waals surface area contributed by atoms with Gasteiger partial charge in [-0.2, -0.15) is 0 Å². The molecule has 3 rings (SSSR count). The first-order valence-corrected chi connectivity index (χ1v) is 9.73. The number of nitrogens with one attached hydrogen (secondary N) is 1. The molecule has 1 amide bonds. The Morgan fingerprint density at radius 1 is 1.04 bits per heavy atom. The highest BCUT2D eigenvalue weighted by molar-refractivity contribution is 7.14. The first kappa shape index (κ1) is 19.7. The molecule has 0 fully saturated rings. The minimum atomic E-state index is -0.0840. The smallest absolute Gasteiger partial charge is 0.226 e. The molecule has 0 saturated carbocycles. The fourth-order valence-electron chi connectivity index (χ4n) is 2.59. The summed E-state index contributed by atoms with van der Waals surface area (Å²) in [6.07, 6.45) is 0.975. The Bertz CT molecular complexity index is 909. The van der Waals surface area contributed by atoms with E-state index in [1.165, 1.54) is 11.3 Å². The summed E-state index contributed by atoms with van der Waals surface area (Å²) < 4.78 is 16.1. The summed E-state index contributed by atoms with van der Waals surface area (Å²) in [4.78, 5) is 16.6. The molecule has 0 aliphatic carbocycles. The van der Waals surface area contributed by atoms with Crippen LogP contribution in [-0.4, -0.2) is 31.7 Å². The fraction of sp³-hybridized carbons (Fsp3) is 0.238. The average Bonchev–Trinajstić information content (AvgIpc) is 3.19. The van der Waals surface area contributed by atoms with Crippen LogP contribution in [0.1, 0.15) is 12.8 Å². The predicted molar refractivity (Wildman–Crippen MR) is 110 cm³/mol. The van der Waals surface area contributed by atoms with Crippen LogP contribution in [0.25, 0.3) is 11.3 Å². The van der Waals surface area contributed by atoms with Crippen molar-refractivity contribution in [3.63, 3.8) is 0 Å². The van der Waals surface area contributed by atoms with Gasteiger partial charge < -0.3 is 19.5 Å². The maximum absolute atomic E-state index is 12.1. The van der Waals surface area contributed by atoms with E-state index in [9.17, 15) is 4.79 Å². The number of aromatic nitrogens is 1. The number of nitrogens with zero attached hydrogens (tertiary/aromatic N) is 1. The Morgan fingerprint density at radius 3 is 2.54 bits per heavy atom. The SMILES string of the molecule is COc1ccc(OCCCC(=O)Nc2nc(-c3ccccc3OC)cs2)cc1. The van der Waals surface area contributed by atoms with E-state index in [1.54, 1.807) is 14.2 Å². The Morgan fingerprint density at radius 2 is 1.79 bits per heavy atom. The van der Waals surface area contributed by atoms with Gasteiger partial charge in [0.15, 0.2) is 5.13 Å². The van der Waals surface area contributed by atoms with Crippen molar-refractivity contribution in [2.24, 2.45) is 0 Å². The summed E-state index contributed by atoms with van der Waals surface area (Å²) in [5, 5.41) is 5.31. The number of hydrogen-bond donors (Lipinski definition) is 1. The van der Waals surface area contributed by atoms with E-state index in [4.69, 9.17) is 14.2 Å². The summed E-state index contributed by atoms with van der Waals surface area (Å²) in [5.41, 5.74) is 1.68. The lowest BCUT2D eigenvalue weighted by atomic mass is 10.1. The molecule has 0 bridgehead atoms. The summed E-state index contributed by atoms with van der Waals surface area (Å²) in [7, 11) is 3.25. The van der Waals surface area contributed by atoms with Gasteiger partial charge in [0.2, 0.25) is 5.91 Å². The summed E-state index contributed by atoms with van der Waals surface area (Å²) >= 11 is 1.39. The number of thiazole rings is 1. The first-order chi connectivity index (χ1) is 13.7. The van der Waals surface area contributed by atoms with Gasteiger partial charge in [-0.05, 0) is 42.8 Å². The summed E-state index contributed by atoms with van der Waals surface area (Å²) in [5.74, 6) is 2.20. The number of anilines is 1. The van der Waals surface area contributed by atoms with Crippen molar-refractivity contribution in [3.8, 4) is 28.5 Å². The zero-order valence-electron chi connectivity index (χ0n) is 15.8. The van der Waals surface area contributed by atoms with Crippen molar-refractivity contribution in [1.82, 2.24) is 4.98 Å². The molecule has 7 heteroatoms. The van der Waals surface area contributed by atoms with Crippen LogP contribution >= 0.6 is 11.3 Å². The van der Waals surface area contributed by atoms with E-state index < -0.39 is 0 Å². The predicted octanol–water partition coefficient (Wildman–Crippen LogP) is 4.63. The third kappa shape index (κ3) is 5.23. The van der Waals surface area contributed by atoms with Gasteiger partial charge >= 0.3 is 0 Å². The molecule has 0 atom stereocenters. The number of para-hydroxylation sites is 1. The van der Waals surface area contributed by atoms with Gasteiger partial charge in [0, 0.05) is 17.4 Å². The number of carbonyl (C=O) groups excluding carboxylic acids is 1. The number of benzene rings is 2. The highest BCUT2D eigenvalue weighted by atomic mass is 32.1. The molecular formula is C21H22N2O4S. The molecule has 0 radical (unpaired) electrons. The zero-order valence-corrected chi connectivity index (χ0v) is 16.6. The Kier molecular flexibility index (Phi) is 6.86. The summed E-state index contributed by atoms with van der Waals surface area (Å²) in [6, 6.07) is 15.0. The van der Waals surface area contributed by atoms with Crippen molar-refractivity contribution in [2.75, 3.05) is 26.1 Å². The molecular weight excluding hydrogens is 376 g/mol. The van der Waals surface area contributed by atoms with Gasteiger partial charge in [0.05, 0.1) is 26.5 Å². The quantitative estimate of drug-likeness (QED) is 0.533. The van der Waals surface area contributed by atoms with Crippen molar-refractivity contribution in [3.05, 3.63) is 53.9 Å². The number of ether oxygens (including phenoxy) is 3. The lowest BCUT2D eigenvalue weighted by Gasteiger charge is -2.07. The highest BCUT2D eigenvalue weighted by Crippen LogP contribution is 2.31. The molecule has 2 aromatic carbocycles. The average molecular weight is 398 g/mol. The second-order valence-electron chi connectivity index (χ2n) is 5.91. The number of hydrogen-bond acceptors (Lipinski definition) is 6. The zero-order chi connectivity index (χ0) is 19.8. The van der Waals surface area contributed by atoms with E-state index in [0.29, 0.717) is 24.6 Å². The van der Waals surface area contributed by atoms with Gasteiger partial charge in [-0.25, -0.2) is 4.98 Å². The molecule has 28 heavy (non-hydrogen) atoms. The number of amides is 1. The van der Waals surface area contributed by atoms with Crippen LogP contribution in [0, 0.1) is 0 Å². The van der Waals surface area contributed by atoms with Crippen molar-refractivity contribution >= 4 is 22.4 Å². The topological polar surface area (TPSA) is 69.7 Å². The van der Waals surface area contributed by atoms with Gasteiger partial charge in [0.25, 0.3) is 0 Å². The van der Waals surface area contributed by atoms with Gasteiger partial charge in [0.1, 0.15) is 17.2 Å². The van der Waals surface area contributed by atoms with E-state index in [2.05, 4.69) is 10.3 Å². The Balaban J connectivity index is 1.45. The van der Waals surface area contributed by atoms with Crippen LogP contribution in [0.15, 0.2) is 53.9 Å². The molecule has 0 saturated heterocycles. The molecule has 0 aliphatic rings. The second-order valence-corrected chi connectivity index (χ2v) is 6.77. The lowest BCUT2D eigenvalue weighted by Crippen LogP contribution is -2.12. The van der Waals surface area contributed by atoms with Gasteiger partial charge in [-0.3, -0.25) is 4.79 Å². The lowest BCUT2D eigenvalue weighted by molar-refractivity contribution is -0.116. The van der Waals surface area contributed by atoms with Crippen molar-refractivity contribution < 1.29 is 19.0 Å². The number of methoxy groups -OCH3 is 2. The van der Waals surface area contributed by atoms with E-state index in [1.807, 2.05) is 53.9 Å². The van der Waals surface area contributed by atoms with Crippen LogP contribution in [-0.2, 0) is 4.79 Å². The van der Waals surface area contributed by atoms with Gasteiger partial charge in [-0.1, -0.05) is 12.1 Å². The Labute approximate surface area is 168 Å². The highest BCUT2D eigenvalue weighted by Gasteiger charge is 2.11. The van der Waals surface area contributed by atoms with Crippen LogP contribution < -0.4 is 19.5 Å². The van der Waals surface area contributed by atoms with Crippen LogP contribution in [0.5, 0.6) is 17.2 Å². The standard InChI is InChI=1S/C21H22N2O4S/c1-25-15-9-11-16(12-10-15)27-13-5-8-20(24)23-21-22-18(14-28-21)17-6-3-4-7-19(17)26-2/h3-4,6-7,9-12,14H,5,8,13H2,1-2H3,(H,22,23,24). The molecule has 0 spiro atoms. The monoisotopic (exact) mass is 398 g/mol. The molecule has 0 aliphatic heterocycles. The molecule has 6 nitrogen and oxygen atoms in total. The van der Waals surface area contributed by atoms with Crippen molar-refractivity contribution in [1.29, 1.82) is 0 Å². The third-order valence-corrected chi connectivity index (χ3v) is 4.77. The van der Waals surface area contributed by atoms with Crippen LogP contribution in [0.3, 0.4) is 0 Å². The van der Waals surface area contributed by atoms with E-state index in [0.717, 1.165) is 28.5 Å². The normalized spacial score (nSPS) is 10.4. The van der Waals surface area contributed by atoms with E-state index in [-0.39, 0.29) is 5.91 Å². The minimum Gasteiger partial charge on any atom is -0.497 e. The fourth-order valence-corrected chi connectivity index (χ4v) is 3.31. The molecule has 0 unspecified atom stereocenters. The van der Waals surface area contributed by atoms with Crippen LogP contribution in [0.2, 0.25) is 0 Å². The van der Waals surface area contributed by atoms with Crippen molar-refractivity contribution in [2.45, 2.75) is 12.8 Å². The second kappa shape index (κ2) is 9.75. The number of carbonyl (C=O) groups is 1. The maximum atomic E-state index is 12.1. The van der Waals surface area contributed by atoms with Crippen LogP contribution in [0.4, 0.5) is 5.13 Å². The molecule has 1 heterocycles. The molecule has 1 aromatic heterocycles.